The van der Waals surface area contributed by atoms with Crippen LogP contribution in [0.15, 0.2) is 6.33 Å². The molecule has 98 valence electrons. The molecule has 2 heterocycles. The SMILES string of the molecule is Cc1c(C)n(CCCN(C)C)c2ncnc(N)c12. The Labute approximate surface area is 108 Å². The van der Waals surface area contributed by atoms with E-state index in [1.807, 2.05) is 0 Å². The van der Waals surface area contributed by atoms with Crippen molar-refractivity contribution in [3.8, 4) is 0 Å². The molecule has 2 aromatic rings. The van der Waals surface area contributed by atoms with Crippen molar-refractivity contribution in [3.05, 3.63) is 17.6 Å². The Morgan fingerprint density at radius 1 is 1.28 bits per heavy atom. The Morgan fingerprint density at radius 2 is 2.00 bits per heavy atom. The molecule has 2 N–H and O–H groups in total. The van der Waals surface area contributed by atoms with E-state index in [0.717, 1.165) is 30.5 Å². The maximum absolute atomic E-state index is 5.94. The fourth-order valence-electron chi connectivity index (χ4n) is 2.31. The zero-order chi connectivity index (χ0) is 13.3. The number of rotatable bonds is 4. The number of fused-ring (bicyclic) bond motifs is 1. The van der Waals surface area contributed by atoms with Crippen molar-refractivity contribution in [2.75, 3.05) is 26.4 Å². The van der Waals surface area contributed by atoms with E-state index in [1.54, 1.807) is 6.33 Å². The molecule has 5 heteroatoms. The van der Waals surface area contributed by atoms with Crippen LogP contribution in [-0.4, -0.2) is 40.1 Å². The van der Waals surface area contributed by atoms with Gasteiger partial charge in [-0.1, -0.05) is 0 Å². The number of aromatic nitrogens is 3. The average molecular weight is 247 g/mol. The first kappa shape index (κ1) is 12.8. The summed E-state index contributed by atoms with van der Waals surface area (Å²) in [4.78, 5) is 10.6. The lowest BCUT2D eigenvalue weighted by Gasteiger charge is -2.11. The smallest absolute Gasteiger partial charge is 0.145 e. The first-order chi connectivity index (χ1) is 8.52. The summed E-state index contributed by atoms with van der Waals surface area (Å²) in [5.74, 6) is 0.576. The average Bonchev–Trinajstić information content (AvgIpc) is 2.55. The Bertz CT molecular complexity index is 556. The van der Waals surface area contributed by atoms with Crippen LogP contribution in [0.4, 0.5) is 5.82 Å². The van der Waals surface area contributed by atoms with Gasteiger partial charge in [-0.2, -0.15) is 0 Å². The van der Waals surface area contributed by atoms with Crippen LogP contribution in [0, 0.1) is 13.8 Å². The minimum absolute atomic E-state index is 0.576. The second-order valence-electron chi connectivity index (χ2n) is 4.98. The minimum atomic E-state index is 0.576. The molecular formula is C13H21N5. The molecule has 0 aliphatic rings. The normalized spacial score (nSPS) is 11.6. The molecular weight excluding hydrogens is 226 g/mol. The van der Waals surface area contributed by atoms with E-state index < -0.39 is 0 Å². The van der Waals surface area contributed by atoms with Crippen molar-refractivity contribution in [2.45, 2.75) is 26.8 Å². The lowest BCUT2D eigenvalue weighted by molar-refractivity contribution is 0.387. The van der Waals surface area contributed by atoms with Crippen LogP contribution >= 0.6 is 0 Å². The lowest BCUT2D eigenvalue weighted by atomic mass is 10.2. The molecule has 0 radical (unpaired) electrons. The highest BCUT2D eigenvalue weighted by atomic mass is 15.1. The summed E-state index contributed by atoms with van der Waals surface area (Å²) in [6.07, 6.45) is 2.64. The van der Waals surface area contributed by atoms with Crippen LogP contribution in [0.5, 0.6) is 0 Å². The molecule has 0 amide bonds. The molecule has 0 aromatic carbocycles. The number of nitrogen functional groups attached to an aromatic ring is 1. The maximum atomic E-state index is 5.94. The van der Waals surface area contributed by atoms with E-state index in [1.165, 1.54) is 11.3 Å². The third-order valence-corrected chi connectivity index (χ3v) is 3.42. The molecule has 2 rings (SSSR count). The van der Waals surface area contributed by atoms with Crippen LogP contribution in [0.2, 0.25) is 0 Å². The van der Waals surface area contributed by atoms with Gasteiger partial charge in [-0.25, -0.2) is 9.97 Å². The molecule has 2 aromatic heterocycles. The van der Waals surface area contributed by atoms with E-state index in [-0.39, 0.29) is 0 Å². The van der Waals surface area contributed by atoms with E-state index >= 15 is 0 Å². The Morgan fingerprint density at radius 3 is 2.67 bits per heavy atom. The lowest BCUT2D eigenvalue weighted by Crippen LogP contribution is -2.15. The van der Waals surface area contributed by atoms with Gasteiger partial charge in [0.15, 0.2) is 0 Å². The van der Waals surface area contributed by atoms with Gasteiger partial charge in [0.2, 0.25) is 0 Å². The Kier molecular flexibility index (Phi) is 3.52. The minimum Gasteiger partial charge on any atom is -0.383 e. The highest BCUT2D eigenvalue weighted by Crippen LogP contribution is 2.26. The quantitative estimate of drug-likeness (QED) is 0.891. The largest absolute Gasteiger partial charge is 0.383 e. The first-order valence-corrected chi connectivity index (χ1v) is 6.23. The molecule has 0 aliphatic carbocycles. The highest BCUT2D eigenvalue weighted by molar-refractivity contribution is 5.90. The van der Waals surface area contributed by atoms with Gasteiger partial charge >= 0.3 is 0 Å². The fourth-order valence-corrected chi connectivity index (χ4v) is 2.31. The van der Waals surface area contributed by atoms with Crippen LogP contribution in [0.25, 0.3) is 11.0 Å². The molecule has 0 spiro atoms. The van der Waals surface area contributed by atoms with Crippen molar-refractivity contribution in [1.29, 1.82) is 0 Å². The van der Waals surface area contributed by atoms with Gasteiger partial charge in [-0.3, -0.25) is 0 Å². The third kappa shape index (κ3) is 2.18. The number of nitrogens with two attached hydrogens (primary N) is 1. The Hall–Kier alpha value is -1.62. The van der Waals surface area contributed by atoms with Gasteiger partial charge in [-0.15, -0.1) is 0 Å². The standard InChI is InChI=1S/C13H21N5/c1-9-10(2)18(7-5-6-17(3)4)13-11(9)12(14)15-8-16-13/h8H,5-7H2,1-4H3,(H2,14,15,16). The van der Waals surface area contributed by atoms with Gasteiger partial charge in [-0.05, 0) is 46.5 Å². The van der Waals surface area contributed by atoms with Crippen LogP contribution in [0.1, 0.15) is 17.7 Å². The highest BCUT2D eigenvalue weighted by Gasteiger charge is 2.14. The monoisotopic (exact) mass is 247 g/mol. The zero-order valence-electron chi connectivity index (χ0n) is 11.6. The van der Waals surface area contributed by atoms with Crippen molar-refractivity contribution in [2.24, 2.45) is 0 Å². The summed E-state index contributed by atoms with van der Waals surface area (Å²) in [5.41, 5.74) is 9.32. The van der Waals surface area contributed by atoms with Crippen molar-refractivity contribution >= 4 is 16.9 Å². The van der Waals surface area contributed by atoms with E-state index in [9.17, 15) is 0 Å². The summed E-state index contributed by atoms with van der Waals surface area (Å²) >= 11 is 0. The second-order valence-corrected chi connectivity index (χ2v) is 4.98. The molecule has 0 aliphatic heterocycles. The topological polar surface area (TPSA) is 60.0 Å². The zero-order valence-corrected chi connectivity index (χ0v) is 11.6. The van der Waals surface area contributed by atoms with Crippen molar-refractivity contribution in [3.63, 3.8) is 0 Å². The number of aryl methyl sites for hydroxylation is 2. The number of anilines is 1. The first-order valence-electron chi connectivity index (χ1n) is 6.23. The van der Waals surface area contributed by atoms with Crippen molar-refractivity contribution < 1.29 is 0 Å². The van der Waals surface area contributed by atoms with Gasteiger partial charge in [0, 0.05) is 12.2 Å². The van der Waals surface area contributed by atoms with Gasteiger partial charge in [0.05, 0.1) is 5.39 Å². The summed E-state index contributed by atoms with van der Waals surface area (Å²) in [6, 6.07) is 0. The molecule has 0 unspecified atom stereocenters. The molecule has 0 atom stereocenters. The summed E-state index contributed by atoms with van der Waals surface area (Å²) in [7, 11) is 4.18. The fraction of sp³-hybridized carbons (Fsp3) is 0.538. The van der Waals surface area contributed by atoms with Crippen LogP contribution in [0.3, 0.4) is 0 Å². The predicted molar refractivity (Wildman–Crippen MR) is 74.6 cm³/mol. The third-order valence-electron chi connectivity index (χ3n) is 3.42. The van der Waals surface area contributed by atoms with Gasteiger partial charge in [0.1, 0.15) is 17.8 Å². The summed E-state index contributed by atoms with van der Waals surface area (Å²) < 4.78 is 2.24. The van der Waals surface area contributed by atoms with Crippen LogP contribution in [-0.2, 0) is 6.54 Å². The molecule has 0 saturated heterocycles. The predicted octanol–water partition coefficient (Wildman–Crippen LogP) is 1.58. The summed E-state index contributed by atoms with van der Waals surface area (Å²) in [5, 5.41) is 1.000. The molecule has 18 heavy (non-hydrogen) atoms. The number of hydrogen-bond acceptors (Lipinski definition) is 4. The number of nitrogens with zero attached hydrogens (tertiary/aromatic N) is 4. The molecule has 5 nitrogen and oxygen atoms in total. The Balaban J connectivity index is 2.38. The molecule has 0 bridgehead atoms. The summed E-state index contributed by atoms with van der Waals surface area (Å²) in [6.45, 7) is 6.23. The van der Waals surface area contributed by atoms with E-state index in [4.69, 9.17) is 5.73 Å². The second kappa shape index (κ2) is 4.94. The van der Waals surface area contributed by atoms with Crippen LogP contribution < -0.4 is 5.73 Å². The molecule has 0 saturated carbocycles. The van der Waals surface area contributed by atoms with Crippen molar-refractivity contribution in [1.82, 2.24) is 19.4 Å². The van der Waals surface area contributed by atoms with Gasteiger partial charge in [0.25, 0.3) is 0 Å². The van der Waals surface area contributed by atoms with E-state index in [2.05, 4.69) is 47.4 Å². The number of hydrogen-bond donors (Lipinski definition) is 1. The molecule has 0 fully saturated rings. The maximum Gasteiger partial charge on any atom is 0.145 e. The van der Waals surface area contributed by atoms with E-state index in [0.29, 0.717) is 5.82 Å². The van der Waals surface area contributed by atoms with Gasteiger partial charge < -0.3 is 15.2 Å².